The molecule has 0 unspecified atom stereocenters. The van der Waals surface area contributed by atoms with Crippen molar-refractivity contribution in [2.45, 2.75) is 5.03 Å². The van der Waals surface area contributed by atoms with Gasteiger partial charge >= 0.3 is 5.97 Å². The zero-order chi connectivity index (χ0) is 14.5. The number of anilines is 1. The number of rotatable bonds is 7. The number of hydrogen-bond acceptors (Lipinski definition) is 6. The average Bonchev–Trinajstić information content (AvgIpc) is 2.34. The Morgan fingerprint density at radius 2 is 2.26 bits per heavy atom. The molecule has 106 valence electrons. The summed E-state index contributed by atoms with van der Waals surface area (Å²) in [4.78, 5) is 14.4. The van der Waals surface area contributed by atoms with Crippen LogP contribution in [0.15, 0.2) is 23.4 Å². The molecule has 0 amide bonds. The van der Waals surface area contributed by atoms with Gasteiger partial charge in [0.1, 0.15) is 6.54 Å². The second kappa shape index (κ2) is 6.45. The fourth-order valence-electron chi connectivity index (χ4n) is 1.37. The van der Waals surface area contributed by atoms with Gasteiger partial charge in [-0.15, -0.1) is 0 Å². The molecule has 9 heteroatoms. The van der Waals surface area contributed by atoms with Crippen LogP contribution < -0.4 is 5.73 Å². The van der Waals surface area contributed by atoms with Gasteiger partial charge in [0.15, 0.2) is 5.03 Å². The van der Waals surface area contributed by atoms with Crippen molar-refractivity contribution in [1.29, 1.82) is 0 Å². The molecular weight excluding hydrogens is 274 g/mol. The SMILES string of the molecule is COCCN(CC(=O)O)S(=O)(=O)c1ncccc1N. The molecule has 3 N–H and O–H groups in total. The molecule has 0 radical (unpaired) electrons. The van der Waals surface area contributed by atoms with Crippen LogP contribution in [0.25, 0.3) is 0 Å². The van der Waals surface area contributed by atoms with Crippen molar-refractivity contribution in [3.05, 3.63) is 18.3 Å². The molecule has 1 aromatic rings. The molecule has 0 bridgehead atoms. The lowest BCUT2D eigenvalue weighted by atomic mass is 10.4. The molecule has 1 heterocycles. The van der Waals surface area contributed by atoms with E-state index >= 15 is 0 Å². The van der Waals surface area contributed by atoms with E-state index in [0.29, 0.717) is 0 Å². The number of carboxylic acid groups (broad SMARTS) is 1. The Labute approximate surface area is 110 Å². The van der Waals surface area contributed by atoms with E-state index in [0.717, 1.165) is 4.31 Å². The third-order valence-electron chi connectivity index (χ3n) is 2.24. The van der Waals surface area contributed by atoms with Crippen LogP contribution in [-0.4, -0.2) is 55.6 Å². The van der Waals surface area contributed by atoms with Crippen LogP contribution in [0.4, 0.5) is 5.69 Å². The lowest BCUT2D eigenvalue weighted by molar-refractivity contribution is -0.137. The number of methoxy groups -OCH3 is 1. The molecule has 0 fully saturated rings. The van der Waals surface area contributed by atoms with E-state index in [1.165, 1.54) is 25.4 Å². The number of nitrogens with two attached hydrogens (primary N) is 1. The highest BCUT2D eigenvalue weighted by Gasteiger charge is 2.29. The van der Waals surface area contributed by atoms with E-state index in [1.54, 1.807) is 0 Å². The molecule has 0 aromatic carbocycles. The van der Waals surface area contributed by atoms with Gasteiger partial charge in [0.05, 0.1) is 12.3 Å². The number of carboxylic acids is 1. The molecule has 0 aliphatic rings. The first-order valence-electron chi connectivity index (χ1n) is 5.31. The first-order chi connectivity index (χ1) is 8.89. The molecule has 19 heavy (non-hydrogen) atoms. The average molecular weight is 289 g/mol. The highest BCUT2D eigenvalue weighted by molar-refractivity contribution is 7.89. The van der Waals surface area contributed by atoms with Gasteiger partial charge in [0, 0.05) is 19.9 Å². The molecule has 0 atom stereocenters. The Bertz CT molecular complexity index is 546. The zero-order valence-corrected chi connectivity index (χ0v) is 11.1. The van der Waals surface area contributed by atoms with Gasteiger partial charge in [-0.3, -0.25) is 4.79 Å². The summed E-state index contributed by atoms with van der Waals surface area (Å²) in [6.45, 7) is -0.706. The van der Waals surface area contributed by atoms with Crippen LogP contribution in [0.1, 0.15) is 0 Å². The maximum absolute atomic E-state index is 12.3. The maximum Gasteiger partial charge on any atom is 0.318 e. The van der Waals surface area contributed by atoms with Crippen LogP contribution in [0.2, 0.25) is 0 Å². The molecule has 1 aromatic heterocycles. The fourth-order valence-corrected chi connectivity index (χ4v) is 2.77. The van der Waals surface area contributed by atoms with E-state index in [1.807, 2.05) is 0 Å². The number of pyridine rings is 1. The lowest BCUT2D eigenvalue weighted by Crippen LogP contribution is -2.38. The molecule has 1 rings (SSSR count). The summed E-state index contributed by atoms with van der Waals surface area (Å²) >= 11 is 0. The smallest absolute Gasteiger partial charge is 0.318 e. The largest absolute Gasteiger partial charge is 0.480 e. The van der Waals surface area contributed by atoms with Gasteiger partial charge in [0.2, 0.25) is 0 Å². The second-order valence-corrected chi connectivity index (χ2v) is 5.48. The molecule has 0 spiro atoms. The van der Waals surface area contributed by atoms with Gasteiger partial charge < -0.3 is 15.6 Å². The summed E-state index contributed by atoms with van der Waals surface area (Å²) in [5.74, 6) is -1.27. The van der Waals surface area contributed by atoms with E-state index in [4.69, 9.17) is 15.6 Å². The summed E-state index contributed by atoms with van der Waals surface area (Å²) in [5.41, 5.74) is 5.52. The molecule has 0 aliphatic heterocycles. The molecule has 0 saturated heterocycles. The Morgan fingerprint density at radius 3 is 2.79 bits per heavy atom. The highest BCUT2D eigenvalue weighted by atomic mass is 32.2. The number of nitrogens with zero attached hydrogens (tertiary/aromatic N) is 2. The van der Waals surface area contributed by atoms with Crippen molar-refractivity contribution in [3.8, 4) is 0 Å². The van der Waals surface area contributed by atoms with Crippen LogP contribution in [0, 0.1) is 0 Å². The quantitative estimate of drug-likeness (QED) is 0.686. The third-order valence-corrected chi connectivity index (χ3v) is 4.06. The van der Waals surface area contributed by atoms with Gasteiger partial charge in [-0.05, 0) is 12.1 Å². The molecule has 0 aliphatic carbocycles. The van der Waals surface area contributed by atoms with Crippen molar-refractivity contribution in [1.82, 2.24) is 9.29 Å². The number of nitrogen functional groups attached to an aromatic ring is 1. The maximum atomic E-state index is 12.3. The Balaban J connectivity index is 3.12. The Kier molecular flexibility index (Phi) is 5.21. The van der Waals surface area contributed by atoms with E-state index in [-0.39, 0.29) is 23.9 Å². The van der Waals surface area contributed by atoms with Gasteiger partial charge in [-0.2, -0.15) is 4.31 Å². The van der Waals surface area contributed by atoms with E-state index in [2.05, 4.69) is 4.98 Å². The zero-order valence-electron chi connectivity index (χ0n) is 10.3. The third kappa shape index (κ3) is 3.88. The first-order valence-corrected chi connectivity index (χ1v) is 6.75. The van der Waals surface area contributed by atoms with Gasteiger partial charge in [0.25, 0.3) is 10.0 Å². The van der Waals surface area contributed by atoms with Crippen LogP contribution in [0.3, 0.4) is 0 Å². The van der Waals surface area contributed by atoms with Crippen LogP contribution in [0.5, 0.6) is 0 Å². The predicted octanol–water partition coefficient (Wildman–Crippen LogP) is -0.614. The first kappa shape index (κ1) is 15.3. The second-order valence-electron chi connectivity index (χ2n) is 3.62. The predicted molar refractivity (Wildman–Crippen MR) is 66.9 cm³/mol. The number of carbonyl (C=O) groups is 1. The fraction of sp³-hybridized carbons (Fsp3) is 0.400. The summed E-state index contributed by atoms with van der Waals surface area (Å²) < 4.78 is 30.0. The van der Waals surface area contributed by atoms with Crippen LogP contribution >= 0.6 is 0 Å². The number of ether oxygens (including phenoxy) is 1. The Hall–Kier alpha value is -1.71. The molecule has 0 saturated carbocycles. The minimum Gasteiger partial charge on any atom is -0.480 e. The van der Waals surface area contributed by atoms with E-state index in [9.17, 15) is 13.2 Å². The summed E-state index contributed by atoms with van der Waals surface area (Å²) in [5, 5.41) is 8.41. The number of hydrogen-bond donors (Lipinski definition) is 2. The van der Waals surface area contributed by atoms with Crippen molar-refractivity contribution in [2.75, 3.05) is 32.5 Å². The molecular formula is C10H15N3O5S. The number of aliphatic carboxylic acids is 1. The standard InChI is InChI=1S/C10H15N3O5S/c1-18-6-5-13(7-9(14)15)19(16,17)10-8(11)3-2-4-12-10/h2-4H,5-7,11H2,1H3,(H,14,15). The van der Waals surface area contributed by atoms with Crippen molar-refractivity contribution in [3.63, 3.8) is 0 Å². The van der Waals surface area contributed by atoms with Crippen LogP contribution in [-0.2, 0) is 19.6 Å². The highest BCUT2D eigenvalue weighted by Crippen LogP contribution is 2.18. The number of sulfonamides is 1. The van der Waals surface area contributed by atoms with Gasteiger partial charge in [-0.25, -0.2) is 13.4 Å². The summed E-state index contributed by atoms with van der Waals surface area (Å²) in [7, 11) is -2.67. The van der Waals surface area contributed by atoms with E-state index < -0.39 is 22.5 Å². The topological polar surface area (TPSA) is 123 Å². The molecule has 8 nitrogen and oxygen atoms in total. The van der Waals surface area contributed by atoms with Crippen molar-refractivity contribution in [2.24, 2.45) is 0 Å². The lowest BCUT2D eigenvalue weighted by Gasteiger charge is -2.19. The Morgan fingerprint density at radius 1 is 1.58 bits per heavy atom. The monoisotopic (exact) mass is 289 g/mol. The minimum absolute atomic E-state index is 0.0321. The van der Waals surface area contributed by atoms with Gasteiger partial charge in [-0.1, -0.05) is 0 Å². The summed E-state index contributed by atoms with van der Waals surface area (Å²) in [6, 6.07) is 2.88. The normalized spacial score (nSPS) is 11.7. The van der Waals surface area contributed by atoms with Crippen molar-refractivity contribution < 1.29 is 23.1 Å². The minimum atomic E-state index is -4.06. The summed E-state index contributed by atoms with van der Waals surface area (Å²) in [6.07, 6.45) is 1.28. The number of aromatic nitrogens is 1. The van der Waals surface area contributed by atoms with Crippen molar-refractivity contribution >= 4 is 21.7 Å².